The standard InChI is InChI=1S/C10H10BrN3O/c1-13-5-6-14(10(13)15)7-9-8(11)3-2-4-12-9/h2-6H,7H2,1H3. The molecule has 5 heteroatoms. The van der Waals surface area contributed by atoms with Gasteiger partial charge in [-0.05, 0) is 28.1 Å². The van der Waals surface area contributed by atoms with Gasteiger partial charge in [-0.2, -0.15) is 0 Å². The number of aromatic nitrogens is 3. The van der Waals surface area contributed by atoms with E-state index in [-0.39, 0.29) is 5.69 Å². The van der Waals surface area contributed by atoms with Crippen molar-refractivity contribution in [2.75, 3.05) is 0 Å². The number of hydrogen-bond donors (Lipinski definition) is 0. The molecule has 4 nitrogen and oxygen atoms in total. The number of hydrogen-bond acceptors (Lipinski definition) is 2. The Bertz CT molecular complexity index is 529. The normalized spacial score (nSPS) is 10.5. The van der Waals surface area contributed by atoms with Crippen LogP contribution in [0.25, 0.3) is 0 Å². The van der Waals surface area contributed by atoms with Crippen molar-refractivity contribution in [2.45, 2.75) is 6.54 Å². The molecule has 0 saturated carbocycles. The molecule has 15 heavy (non-hydrogen) atoms. The van der Waals surface area contributed by atoms with Gasteiger partial charge in [0.15, 0.2) is 0 Å². The summed E-state index contributed by atoms with van der Waals surface area (Å²) in [5.41, 5.74) is 0.818. The van der Waals surface area contributed by atoms with Crippen LogP contribution in [0.1, 0.15) is 5.69 Å². The van der Waals surface area contributed by atoms with Gasteiger partial charge in [0.05, 0.1) is 12.2 Å². The summed E-state index contributed by atoms with van der Waals surface area (Å²) in [6.07, 6.45) is 5.21. The van der Waals surface area contributed by atoms with E-state index < -0.39 is 0 Å². The summed E-state index contributed by atoms with van der Waals surface area (Å²) in [7, 11) is 1.73. The first-order chi connectivity index (χ1) is 7.18. The molecule has 0 unspecified atom stereocenters. The molecule has 0 aromatic carbocycles. The van der Waals surface area contributed by atoms with Gasteiger partial charge in [0.1, 0.15) is 0 Å². The quantitative estimate of drug-likeness (QED) is 0.825. The molecule has 0 amide bonds. The summed E-state index contributed by atoms with van der Waals surface area (Å²) < 4.78 is 4.07. The first kappa shape index (κ1) is 10.2. The zero-order chi connectivity index (χ0) is 10.8. The van der Waals surface area contributed by atoms with Crippen molar-refractivity contribution < 1.29 is 0 Å². The van der Waals surface area contributed by atoms with Gasteiger partial charge < -0.3 is 4.57 Å². The van der Waals surface area contributed by atoms with Crippen LogP contribution in [0.2, 0.25) is 0 Å². The third kappa shape index (κ3) is 2.02. The zero-order valence-corrected chi connectivity index (χ0v) is 9.81. The van der Waals surface area contributed by atoms with Crippen LogP contribution >= 0.6 is 15.9 Å². The Morgan fingerprint density at radius 2 is 2.27 bits per heavy atom. The number of nitrogens with zero attached hydrogens (tertiary/aromatic N) is 3. The van der Waals surface area contributed by atoms with Crippen LogP contribution in [-0.2, 0) is 13.6 Å². The maximum atomic E-state index is 11.6. The van der Waals surface area contributed by atoms with Gasteiger partial charge in [0.25, 0.3) is 0 Å². The fraction of sp³-hybridized carbons (Fsp3) is 0.200. The molecule has 2 aromatic rings. The molecule has 0 fully saturated rings. The predicted octanol–water partition coefficient (Wildman–Crippen LogP) is 1.39. The molecule has 0 aliphatic rings. The highest BCUT2D eigenvalue weighted by Crippen LogP contribution is 2.13. The lowest BCUT2D eigenvalue weighted by Gasteiger charge is -2.02. The fourth-order valence-corrected chi connectivity index (χ4v) is 1.71. The van der Waals surface area contributed by atoms with E-state index in [4.69, 9.17) is 0 Å². The van der Waals surface area contributed by atoms with E-state index in [1.165, 1.54) is 4.57 Å². The maximum absolute atomic E-state index is 11.6. The van der Waals surface area contributed by atoms with Crippen LogP contribution in [0.5, 0.6) is 0 Å². The number of halogens is 1. The molecule has 0 aliphatic heterocycles. The second kappa shape index (κ2) is 4.02. The average molecular weight is 268 g/mol. The van der Waals surface area contributed by atoms with Gasteiger partial charge in [-0.25, -0.2) is 4.79 Å². The minimum atomic E-state index is -0.0347. The summed E-state index contributed by atoms with van der Waals surface area (Å²) in [6, 6.07) is 3.76. The molecule has 0 aliphatic carbocycles. The van der Waals surface area contributed by atoms with Crippen molar-refractivity contribution in [2.24, 2.45) is 7.05 Å². The minimum Gasteiger partial charge on any atom is -0.302 e. The number of pyridine rings is 1. The first-order valence-electron chi connectivity index (χ1n) is 4.49. The molecule has 0 spiro atoms. The molecular formula is C10H10BrN3O. The Kier molecular flexibility index (Phi) is 2.73. The van der Waals surface area contributed by atoms with Gasteiger partial charge in [-0.1, -0.05) is 0 Å². The number of rotatable bonds is 2. The molecule has 0 bridgehead atoms. The fourth-order valence-electron chi connectivity index (χ4n) is 1.33. The summed E-state index contributed by atoms with van der Waals surface area (Å²) in [6.45, 7) is 0.487. The topological polar surface area (TPSA) is 39.8 Å². The summed E-state index contributed by atoms with van der Waals surface area (Å²) in [4.78, 5) is 15.8. The minimum absolute atomic E-state index is 0.0347. The maximum Gasteiger partial charge on any atom is 0.328 e. The Hall–Kier alpha value is -1.36. The van der Waals surface area contributed by atoms with E-state index in [0.29, 0.717) is 6.54 Å². The van der Waals surface area contributed by atoms with Crippen LogP contribution in [0.3, 0.4) is 0 Å². The second-order valence-electron chi connectivity index (χ2n) is 3.25. The smallest absolute Gasteiger partial charge is 0.302 e. The van der Waals surface area contributed by atoms with E-state index in [2.05, 4.69) is 20.9 Å². The molecule has 2 heterocycles. The van der Waals surface area contributed by atoms with Crippen LogP contribution in [-0.4, -0.2) is 14.1 Å². The van der Waals surface area contributed by atoms with Crippen molar-refractivity contribution in [3.63, 3.8) is 0 Å². The van der Waals surface area contributed by atoms with Crippen LogP contribution in [0, 0.1) is 0 Å². The lowest BCUT2D eigenvalue weighted by molar-refractivity contribution is 0.702. The lowest BCUT2D eigenvalue weighted by Crippen LogP contribution is -2.22. The monoisotopic (exact) mass is 267 g/mol. The SMILES string of the molecule is Cn1ccn(Cc2ncccc2Br)c1=O. The summed E-state index contributed by atoms with van der Waals surface area (Å²) >= 11 is 3.40. The largest absolute Gasteiger partial charge is 0.328 e. The first-order valence-corrected chi connectivity index (χ1v) is 5.29. The highest BCUT2D eigenvalue weighted by atomic mass is 79.9. The van der Waals surface area contributed by atoms with Crippen molar-refractivity contribution in [3.8, 4) is 0 Å². The molecule has 0 N–H and O–H groups in total. The Labute approximate surface area is 95.3 Å². The van der Waals surface area contributed by atoms with E-state index in [9.17, 15) is 4.79 Å². The second-order valence-corrected chi connectivity index (χ2v) is 4.11. The van der Waals surface area contributed by atoms with E-state index in [1.54, 1.807) is 30.2 Å². The Morgan fingerprint density at radius 3 is 2.87 bits per heavy atom. The predicted molar refractivity (Wildman–Crippen MR) is 60.7 cm³/mol. The van der Waals surface area contributed by atoms with Gasteiger partial charge >= 0.3 is 5.69 Å². The molecule has 78 valence electrons. The highest BCUT2D eigenvalue weighted by molar-refractivity contribution is 9.10. The molecule has 0 atom stereocenters. The molecule has 0 radical (unpaired) electrons. The van der Waals surface area contributed by atoms with Gasteiger partial charge in [0.2, 0.25) is 0 Å². The van der Waals surface area contributed by atoms with Crippen molar-refractivity contribution in [1.29, 1.82) is 0 Å². The Morgan fingerprint density at radius 1 is 1.47 bits per heavy atom. The van der Waals surface area contributed by atoms with Crippen molar-refractivity contribution in [1.82, 2.24) is 14.1 Å². The molecule has 2 rings (SSSR count). The molecular weight excluding hydrogens is 258 g/mol. The van der Waals surface area contributed by atoms with Crippen molar-refractivity contribution >= 4 is 15.9 Å². The summed E-state index contributed by atoms with van der Waals surface area (Å²) in [5, 5.41) is 0. The van der Waals surface area contributed by atoms with Gasteiger partial charge in [0, 0.05) is 30.1 Å². The van der Waals surface area contributed by atoms with Crippen LogP contribution < -0.4 is 5.69 Å². The lowest BCUT2D eigenvalue weighted by atomic mass is 10.3. The summed E-state index contributed by atoms with van der Waals surface area (Å²) in [5.74, 6) is 0. The van der Waals surface area contributed by atoms with Gasteiger partial charge in [-0.3, -0.25) is 9.55 Å². The van der Waals surface area contributed by atoms with Crippen LogP contribution in [0.4, 0.5) is 0 Å². The van der Waals surface area contributed by atoms with E-state index in [0.717, 1.165) is 10.2 Å². The molecule has 0 saturated heterocycles. The number of aryl methyl sites for hydroxylation is 1. The third-order valence-corrected chi connectivity index (χ3v) is 2.89. The zero-order valence-electron chi connectivity index (χ0n) is 8.22. The van der Waals surface area contributed by atoms with Crippen molar-refractivity contribution in [3.05, 3.63) is 51.4 Å². The van der Waals surface area contributed by atoms with Crippen LogP contribution in [0.15, 0.2) is 40.0 Å². The number of imidazole rings is 1. The Balaban J connectivity index is 2.34. The van der Waals surface area contributed by atoms with E-state index in [1.807, 2.05) is 12.1 Å². The third-order valence-electron chi connectivity index (χ3n) is 2.17. The van der Waals surface area contributed by atoms with E-state index >= 15 is 0 Å². The molecule has 2 aromatic heterocycles. The van der Waals surface area contributed by atoms with Gasteiger partial charge in [-0.15, -0.1) is 0 Å². The highest BCUT2D eigenvalue weighted by Gasteiger charge is 2.04. The average Bonchev–Trinajstić information content (AvgIpc) is 2.53.